The Morgan fingerprint density at radius 2 is 1.81 bits per heavy atom. The van der Waals surface area contributed by atoms with Crippen molar-refractivity contribution in [2.75, 3.05) is 0 Å². The third kappa shape index (κ3) is 4.82. The Morgan fingerprint density at radius 3 is 2.58 bits per heavy atom. The summed E-state index contributed by atoms with van der Waals surface area (Å²) in [6.45, 7) is 1.95. The fraction of sp³-hybridized carbons (Fsp3) is 0.0417. The molecule has 0 bridgehead atoms. The highest BCUT2D eigenvalue weighted by Crippen LogP contribution is 2.35. The summed E-state index contributed by atoms with van der Waals surface area (Å²) in [5, 5.41) is 5.19. The van der Waals surface area contributed by atoms with Gasteiger partial charge in [-0.1, -0.05) is 59.6 Å². The third-order valence-electron chi connectivity index (χ3n) is 4.48. The van der Waals surface area contributed by atoms with Gasteiger partial charge in [-0.25, -0.2) is 10.2 Å². The molecule has 1 amide bonds. The zero-order valence-electron chi connectivity index (χ0n) is 16.5. The average Bonchev–Trinajstić information content (AvgIpc) is 3.11. The molecule has 31 heavy (non-hydrogen) atoms. The molecule has 0 unspecified atom stereocenters. The van der Waals surface area contributed by atoms with Crippen molar-refractivity contribution in [2.45, 2.75) is 6.92 Å². The molecule has 1 heterocycles. The van der Waals surface area contributed by atoms with E-state index >= 15 is 0 Å². The van der Waals surface area contributed by atoms with E-state index in [4.69, 9.17) is 16.3 Å². The van der Waals surface area contributed by atoms with Crippen molar-refractivity contribution in [3.8, 4) is 5.75 Å². The molecule has 0 aliphatic heterocycles. The fourth-order valence-corrected chi connectivity index (χ4v) is 4.28. The molecule has 154 valence electrons. The van der Waals surface area contributed by atoms with Crippen LogP contribution in [0.1, 0.15) is 31.2 Å². The highest BCUT2D eigenvalue weighted by atomic mass is 35.5. The Bertz CT molecular complexity index is 1300. The minimum Gasteiger partial charge on any atom is -0.422 e. The molecule has 0 saturated heterocycles. The van der Waals surface area contributed by atoms with Gasteiger partial charge in [0.1, 0.15) is 10.6 Å². The van der Waals surface area contributed by atoms with E-state index < -0.39 is 5.97 Å². The summed E-state index contributed by atoms with van der Waals surface area (Å²) in [6.07, 6.45) is 1.48. The van der Waals surface area contributed by atoms with Crippen LogP contribution in [0.2, 0.25) is 5.02 Å². The largest absolute Gasteiger partial charge is 0.422 e. The zero-order chi connectivity index (χ0) is 21.8. The van der Waals surface area contributed by atoms with Crippen LogP contribution in [0.4, 0.5) is 0 Å². The Hall–Kier alpha value is -3.48. The number of thiophene rings is 1. The molecular weight excluding hydrogens is 432 g/mol. The van der Waals surface area contributed by atoms with Crippen molar-refractivity contribution >= 4 is 51.1 Å². The first-order valence-electron chi connectivity index (χ1n) is 9.40. The van der Waals surface area contributed by atoms with E-state index in [9.17, 15) is 9.59 Å². The molecule has 0 aliphatic carbocycles. The van der Waals surface area contributed by atoms with Crippen molar-refractivity contribution in [1.29, 1.82) is 0 Å². The molecule has 7 heteroatoms. The van der Waals surface area contributed by atoms with Gasteiger partial charge in [0.25, 0.3) is 5.91 Å². The smallest absolute Gasteiger partial charge is 0.355 e. The van der Waals surface area contributed by atoms with E-state index in [1.54, 1.807) is 36.4 Å². The summed E-state index contributed by atoms with van der Waals surface area (Å²) < 4.78 is 6.42. The number of nitrogens with zero attached hydrogens (tertiary/aromatic N) is 1. The number of carbonyl (C=O) groups excluding carboxylic acids is 2. The quantitative estimate of drug-likeness (QED) is 0.180. The first-order valence-corrected chi connectivity index (χ1v) is 10.6. The van der Waals surface area contributed by atoms with Crippen LogP contribution in [-0.4, -0.2) is 18.1 Å². The molecule has 0 spiro atoms. The Balaban J connectivity index is 1.43. The maximum Gasteiger partial charge on any atom is 0.355 e. The van der Waals surface area contributed by atoms with Gasteiger partial charge < -0.3 is 4.74 Å². The maximum absolute atomic E-state index is 12.6. The summed E-state index contributed by atoms with van der Waals surface area (Å²) in [5.74, 6) is -0.474. The molecule has 5 nitrogen and oxygen atoms in total. The second kappa shape index (κ2) is 9.12. The van der Waals surface area contributed by atoms with E-state index in [1.807, 2.05) is 43.3 Å². The number of rotatable bonds is 5. The molecule has 0 aliphatic rings. The van der Waals surface area contributed by atoms with Gasteiger partial charge in [0.2, 0.25) is 0 Å². The monoisotopic (exact) mass is 448 g/mol. The topological polar surface area (TPSA) is 67.8 Å². The molecule has 1 aromatic heterocycles. The first-order chi connectivity index (χ1) is 15.0. The lowest BCUT2D eigenvalue weighted by Gasteiger charge is -2.04. The van der Waals surface area contributed by atoms with Crippen molar-refractivity contribution in [1.82, 2.24) is 5.43 Å². The number of amides is 1. The lowest BCUT2D eigenvalue weighted by atomic mass is 10.1. The number of halogens is 1. The van der Waals surface area contributed by atoms with Gasteiger partial charge in [0.05, 0.1) is 11.2 Å². The Morgan fingerprint density at radius 1 is 1.03 bits per heavy atom. The molecule has 4 rings (SSSR count). The van der Waals surface area contributed by atoms with Gasteiger partial charge in [-0.15, -0.1) is 11.3 Å². The van der Waals surface area contributed by atoms with Crippen LogP contribution >= 0.6 is 22.9 Å². The number of benzene rings is 3. The number of hydrazone groups is 1. The number of carbonyl (C=O) groups is 2. The third-order valence-corrected chi connectivity index (χ3v) is 6.14. The normalized spacial score (nSPS) is 11.0. The van der Waals surface area contributed by atoms with E-state index in [2.05, 4.69) is 10.5 Å². The fourth-order valence-electron chi connectivity index (χ4n) is 2.89. The van der Waals surface area contributed by atoms with Crippen LogP contribution in [-0.2, 0) is 0 Å². The van der Waals surface area contributed by atoms with Crippen LogP contribution < -0.4 is 10.2 Å². The number of hydrogen-bond acceptors (Lipinski definition) is 5. The summed E-state index contributed by atoms with van der Waals surface area (Å²) in [4.78, 5) is 25.1. The molecule has 1 N–H and O–H groups in total. The molecule has 0 saturated carbocycles. The Kier molecular flexibility index (Phi) is 6.11. The second-order valence-electron chi connectivity index (χ2n) is 6.77. The number of ether oxygens (including phenoxy) is 1. The van der Waals surface area contributed by atoms with Gasteiger partial charge in [-0.05, 0) is 42.8 Å². The van der Waals surface area contributed by atoms with E-state index in [0.29, 0.717) is 26.8 Å². The molecule has 0 atom stereocenters. The van der Waals surface area contributed by atoms with Gasteiger partial charge in [0.15, 0.2) is 0 Å². The van der Waals surface area contributed by atoms with Crippen molar-refractivity contribution in [3.63, 3.8) is 0 Å². The number of hydrogen-bond donors (Lipinski definition) is 1. The zero-order valence-corrected chi connectivity index (χ0v) is 18.0. The molecule has 4 aromatic rings. The van der Waals surface area contributed by atoms with Crippen LogP contribution in [0.25, 0.3) is 10.1 Å². The van der Waals surface area contributed by atoms with Crippen molar-refractivity contribution in [3.05, 3.63) is 99.4 Å². The van der Waals surface area contributed by atoms with Crippen LogP contribution in [0.15, 0.2) is 77.9 Å². The van der Waals surface area contributed by atoms with Crippen LogP contribution in [0, 0.1) is 6.92 Å². The number of aryl methyl sites for hydroxylation is 1. The maximum atomic E-state index is 12.6. The SMILES string of the molecule is Cc1ccc(C(=O)N/N=C\c2cccc(OC(=O)c3sc4ccccc4c3Cl)c2)cc1. The molecular formula is C24H17ClN2O3S. The summed E-state index contributed by atoms with van der Waals surface area (Å²) in [6, 6.07) is 21.6. The molecule has 0 fully saturated rings. The second-order valence-corrected chi connectivity index (χ2v) is 8.20. The van der Waals surface area contributed by atoms with Crippen molar-refractivity contribution < 1.29 is 14.3 Å². The van der Waals surface area contributed by atoms with E-state index in [1.165, 1.54) is 17.6 Å². The number of fused-ring (bicyclic) bond motifs is 1. The van der Waals surface area contributed by atoms with E-state index in [0.717, 1.165) is 15.6 Å². The molecule has 3 aromatic carbocycles. The first kappa shape index (κ1) is 20.8. The minimum absolute atomic E-state index is 0.307. The highest BCUT2D eigenvalue weighted by Gasteiger charge is 2.19. The highest BCUT2D eigenvalue weighted by molar-refractivity contribution is 7.21. The predicted octanol–water partition coefficient (Wildman–Crippen LogP) is 5.85. The predicted molar refractivity (Wildman–Crippen MR) is 124 cm³/mol. The molecule has 0 radical (unpaired) electrons. The van der Waals surface area contributed by atoms with Gasteiger partial charge in [0, 0.05) is 15.6 Å². The minimum atomic E-state index is -0.520. The standard InChI is InChI=1S/C24H17ClN2O3S/c1-15-9-11-17(12-10-15)23(28)27-26-14-16-5-4-6-18(13-16)30-24(29)22-21(25)19-7-2-3-8-20(19)31-22/h2-14H,1H3,(H,27,28)/b26-14-. The van der Waals surface area contributed by atoms with Gasteiger partial charge >= 0.3 is 5.97 Å². The summed E-state index contributed by atoms with van der Waals surface area (Å²) >= 11 is 7.65. The van der Waals surface area contributed by atoms with Crippen LogP contribution in [0.3, 0.4) is 0 Å². The lowest BCUT2D eigenvalue weighted by Crippen LogP contribution is -2.17. The van der Waals surface area contributed by atoms with Crippen LogP contribution in [0.5, 0.6) is 5.75 Å². The Labute approximate surface area is 187 Å². The van der Waals surface area contributed by atoms with Gasteiger partial charge in [-0.2, -0.15) is 5.10 Å². The number of nitrogens with one attached hydrogen (secondary N) is 1. The van der Waals surface area contributed by atoms with Crippen molar-refractivity contribution in [2.24, 2.45) is 5.10 Å². The van der Waals surface area contributed by atoms with E-state index in [-0.39, 0.29) is 5.91 Å². The number of esters is 1. The van der Waals surface area contributed by atoms with Gasteiger partial charge in [-0.3, -0.25) is 4.79 Å². The average molecular weight is 449 g/mol. The summed E-state index contributed by atoms with van der Waals surface area (Å²) in [5.41, 5.74) is 4.74. The lowest BCUT2D eigenvalue weighted by molar-refractivity contribution is 0.0740. The summed E-state index contributed by atoms with van der Waals surface area (Å²) in [7, 11) is 0.